The van der Waals surface area contributed by atoms with E-state index in [0.29, 0.717) is 22.2 Å². The molecule has 0 saturated heterocycles. The molecule has 10 heteroatoms. The Balaban J connectivity index is 1.54. The maximum atomic E-state index is 13.8. The Kier molecular flexibility index (Phi) is 10.3. The predicted octanol–water partition coefficient (Wildman–Crippen LogP) is 5.76. The molecular formula is C31H36ClN3O5S. The number of carbonyl (C=O) groups is 2. The lowest BCUT2D eigenvalue weighted by Gasteiger charge is -2.33. The number of ether oxygens (including phenoxy) is 1. The van der Waals surface area contributed by atoms with E-state index < -0.39 is 28.5 Å². The number of benzene rings is 3. The van der Waals surface area contributed by atoms with Crippen LogP contribution >= 0.6 is 11.6 Å². The van der Waals surface area contributed by atoms with Crippen molar-refractivity contribution in [2.24, 2.45) is 0 Å². The van der Waals surface area contributed by atoms with E-state index in [4.69, 9.17) is 16.3 Å². The monoisotopic (exact) mass is 597 g/mol. The number of anilines is 1. The Hall–Kier alpha value is -3.56. The zero-order valence-electron chi connectivity index (χ0n) is 23.3. The molecule has 1 aliphatic rings. The first-order valence-corrected chi connectivity index (χ1v) is 16.0. The second-order valence-corrected chi connectivity index (χ2v) is 12.7. The third-order valence-electron chi connectivity index (χ3n) is 7.17. The Morgan fingerprint density at radius 1 is 0.927 bits per heavy atom. The number of para-hydroxylation sites is 1. The molecule has 0 aliphatic heterocycles. The molecule has 4 rings (SSSR count). The molecule has 3 aromatic rings. The molecule has 218 valence electrons. The van der Waals surface area contributed by atoms with Crippen molar-refractivity contribution in [2.45, 2.75) is 57.7 Å². The van der Waals surface area contributed by atoms with Crippen LogP contribution in [0.5, 0.6) is 11.5 Å². The fourth-order valence-corrected chi connectivity index (χ4v) is 5.83. The van der Waals surface area contributed by atoms with Crippen LogP contribution in [0.15, 0.2) is 78.9 Å². The summed E-state index contributed by atoms with van der Waals surface area (Å²) in [4.78, 5) is 28.5. The average Bonchev–Trinajstić information content (AvgIpc) is 2.96. The zero-order valence-corrected chi connectivity index (χ0v) is 24.9. The maximum absolute atomic E-state index is 13.8. The second-order valence-electron chi connectivity index (χ2n) is 10.3. The van der Waals surface area contributed by atoms with Crippen LogP contribution in [0.2, 0.25) is 5.02 Å². The first-order valence-electron chi connectivity index (χ1n) is 13.7. The molecule has 1 N–H and O–H groups in total. The quantitative estimate of drug-likeness (QED) is 0.303. The van der Waals surface area contributed by atoms with Crippen LogP contribution in [0.1, 0.15) is 44.6 Å². The number of hydrogen-bond donors (Lipinski definition) is 1. The number of carbonyl (C=O) groups excluding carboxylic acids is 2. The molecule has 1 fully saturated rings. The van der Waals surface area contributed by atoms with Crippen LogP contribution in [0.25, 0.3) is 0 Å². The second kappa shape index (κ2) is 13.9. The first kappa shape index (κ1) is 30.4. The largest absolute Gasteiger partial charge is 0.457 e. The maximum Gasteiger partial charge on any atom is 0.244 e. The zero-order chi connectivity index (χ0) is 29.4. The molecule has 41 heavy (non-hydrogen) atoms. The van der Waals surface area contributed by atoms with Crippen LogP contribution in [0.4, 0.5) is 5.69 Å². The van der Waals surface area contributed by atoms with Gasteiger partial charge in [0.2, 0.25) is 21.8 Å². The summed E-state index contributed by atoms with van der Waals surface area (Å²) in [7, 11) is -3.84. The van der Waals surface area contributed by atoms with Crippen molar-refractivity contribution < 1.29 is 22.7 Å². The SMILES string of the molecule is C[C@@H](C(=O)NC1CCCCC1)N(Cc1ccc(Cl)cc1)C(=O)CN(c1ccc(Oc2ccccc2)cc1)S(C)(=O)=O. The highest BCUT2D eigenvalue weighted by molar-refractivity contribution is 7.92. The van der Waals surface area contributed by atoms with Crippen molar-refractivity contribution in [1.29, 1.82) is 0 Å². The van der Waals surface area contributed by atoms with Crippen molar-refractivity contribution in [3.8, 4) is 11.5 Å². The molecule has 0 radical (unpaired) electrons. The predicted molar refractivity (Wildman–Crippen MR) is 162 cm³/mol. The molecule has 2 amide bonds. The van der Waals surface area contributed by atoms with Crippen molar-refractivity contribution in [1.82, 2.24) is 10.2 Å². The van der Waals surface area contributed by atoms with E-state index in [1.165, 1.54) is 4.90 Å². The molecule has 1 saturated carbocycles. The Morgan fingerprint density at radius 3 is 2.15 bits per heavy atom. The highest BCUT2D eigenvalue weighted by Gasteiger charge is 2.31. The number of nitrogens with one attached hydrogen (secondary N) is 1. The smallest absolute Gasteiger partial charge is 0.244 e. The molecule has 1 atom stereocenters. The summed E-state index contributed by atoms with van der Waals surface area (Å²) in [5.74, 6) is 0.416. The van der Waals surface area contributed by atoms with E-state index in [0.717, 1.165) is 48.2 Å². The van der Waals surface area contributed by atoms with Gasteiger partial charge in [0.25, 0.3) is 0 Å². The van der Waals surface area contributed by atoms with Gasteiger partial charge >= 0.3 is 0 Å². The Morgan fingerprint density at radius 2 is 1.54 bits per heavy atom. The number of hydrogen-bond acceptors (Lipinski definition) is 5. The molecule has 8 nitrogen and oxygen atoms in total. The third kappa shape index (κ3) is 8.71. The summed E-state index contributed by atoms with van der Waals surface area (Å²) in [6.07, 6.45) is 6.16. The minimum Gasteiger partial charge on any atom is -0.457 e. The van der Waals surface area contributed by atoms with Gasteiger partial charge in [-0.25, -0.2) is 8.42 Å². The van der Waals surface area contributed by atoms with Gasteiger partial charge in [-0.2, -0.15) is 0 Å². The van der Waals surface area contributed by atoms with Crippen LogP contribution in [-0.4, -0.2) is 50.0 Å². The number of sulfonamides is 1. The molecule has 0 heterocycles. The van der Waals surface area contributed by atoms with Gasteiger partial charge in [0.1, 0.15) is 24.1 Å². The van der Waals surface area contributed by atoms with Crippen molar-refractivity contribution >= 4 is 39.1 Å². The summed E-state index contributed by atoms with van der Waals surface area (Å²) >= 11 is 6.05. The minimum absolute atomic E-state index is 0.0790. The summed E-state index contributed by atoms with van der Waals surface area (Å²) in [6, 6.07) is 22.0. The average molecular weight is 598 g/mol. The third-order valence-corrected chi connectivity index (χ3v) is 8.56. The Labute approximate surface area is 247 Å². The molecule has 0 spiro atoms. The normalized spacial score (nSPS) is 14.6. The summed E-state index contributed by atoms with van der Waals surface area (Å²) < 4.78 is 32.6. The fraction of sp³-hybridized carbons (Fsp3) is 0.355. The number of halogens is 1. The highest BCUT2D eigenvalue weighted by Crippen LogP contribution is 2.26. The van der Waals surface area contributed by atoms with E-state index in [2.05, 4.69) is 5.32 Å². The number of amides is 2. The van der Waals surface area contributed by atoms with E-state index in [-0.39, 0.29) is 18.5 Å². The lowest BCUT2D eigenvalue weighted by atomic mass is 9.95. The highest BCUT2D eigenvalue weighted by atomic mass is 35.5. The summed E-state index contributed by atoms with van der Waals surface area (Å²) in [5.41, 5.74) is 1.08. The molecule has 1 aliphatic carbocycles. The van der Waals surface area contributed by atoms with Gasteiger partial charge < -0.3 is 15.0 Å². The molecule has 0 aromatic heterocycles. The fourth-order valence-electron chi connectivity index (χ4n) is 4.86. The van der Waals surface area contributed by atoms with Gasteiger partial charge in [-0.3, -0.25) is 13.9 Å². The minimum atomic E-state index is -3.84. The van der Waals surface area contributed by atoms with E-state index in [1.54, 1.807) is 55.5 Å². The molecule has 3 aromatic carbocycles. The van der Waals surface area contributed by atoms with E-state index >= 15 is 0 Å². The summed E-state index contributed by atoms with van der Waals surface area (Å²) in [6.45, 7) is 1.33. The topological polar surface area (TPSA) is 96.0 Å². The van der Waals surface area contributed by atoms with Crippen molar-refractivity contribution in [2.75, 3.05) is 17.1 Å². The van der Waals surface area contributed by atoms with Crippen LogP contribution in [-0.2, 0) is 26.2 Å². The van der Waals surface area contributed by atoms with Gasteiger partial charge in [0.15, 0.2) is 0 Å². The molecule has 0 unspecified atom stereocenters. The molecule has 0 bridgehead atoms. The van der Waals surface area contributed by atoms with Crippen LogP contribution in [0.3, 0.4) is 0 Å². The Bertz CT molecular complexity index is 1410. The standard InChI is InChI=1S/C31H36ClN3O5S/c1-23(31(37)33-26-9-5-3-6-10-26)34(21-24-13-15-25(32)16-14-24)30(36)22-35(41(2,38)39)27-17-19-29(20-18-27)40-28-11-7-4-8-12-28/h4,7-8,11-20,23,26H,3,5-6,9-10,21-22H2,1-2H3,(H,33,37)/t23-/m0/s1. The lowest BCUT2D eigenvalue weighted by molar-refractivity contribution is -0.139. The van der Waals surface area contributed by atoms with E-state index in [1.807, 2.05) is 30.3 Å². The number of rotatable bonds is 11. The van der Waals surface area contributed by atoms with E-state index in [9.17, 15) is 18.0 Å². The first-order chi connectivity index (χ1) is 19.6. The number of nitrogens with zero attached hydrogens (tertiary/aromatic N) is 2. The van der Waals surface area contributed by atoms with Crippen molar-refractivity contribution in [3.05, 3.63) is 89.4 Å². The summed E-state index contributed by atoms with van der Waals surface area (Å²) in [5, 5.41) is 3.64. The van der Waals surface area contributed by atoms with Crippen LogP contribution < -0.4 is 14.4 Å². The van der Waals surface area contributed by atoms with Gasteiger partial charge in [-0.15, -0.1) is 0 Å². The van der Waals surface area contributed by atoms with Gasteiger partial charge in [-0.05, 0) is 73.9 Å². The molecular weight excluding hydrogens is 562 g/mol. The van der Waals surface area contributed by atoms with Gasteiger partial charge in [0.05, 0.1) is 11.9 Å². The van der Waals surface area contributed by atoms with Crippen LogP contribution in [0, 0.1) is 0 Å². The van der Waals surface area contributed by atoms with Crippen molar-refractivity contribution in [3.63, 3.8) is 0 Å². The lowest BCUT2D eigenvalue weighted by Crippen LogP contribution is -2.52. The van der Waals surface area contributed by atoms with Gasteiger partial charge in [-0.1, -0.05) is 61.2 Å². The van der Waals surface area contributed by atoms with Gasteiger partial charge in [0, 0.05) is 17.6 Å².